The molecule has 58 heavy (non-hydrogen) atoms. The third-order valence-electron chi connectivity index (χ3n) is 9.32. The van der Waals surface area contributed by atoms with Gasteiger partial charge in [0.1, 0.15) is 11.7 Å². The lowest BCUT2D eigenvalue weighted by atomic mass is 9.91. The largest absolute Gasteiger partial charge is 0.455 e. The number of imidazole rings is 1. The molecule has 2 amide bonds. The molecule has 1 saturated heterocycles. The maximum absolute atomic E-state index is 14.1. The van der Waals surface area contributed by atoms with Gasteiger partial charge in [-0.15, -0.1) is 6.58 Å². The van der Waals surface area contributed by atoms with Crippen LogP contribution in [0.2, 0.25) is 0 Å². The van der Waals surface area contributed by atoms with Crippen molar-refractivity contribution in [2.45, 2.75) is 57.5 Å². The Bertz CT molecular complexity index is 2310. The highest BCUT2D eigenvalue weighted by Crippen LogP contribution is 2.45. The maximum Gasteiger partial charge on any atom is 0.425 e. The normalized spacial score (nSPS) is 18.7. The van der Waals surface area contributed by atoms with Gasteiger partial charge in [0.05, 0.1) is 37.5 Å². The Labute approximate surface area is 335 Å². The monoisotopic (exact) mass is 782 g/mol. The molecule has 4 aromatic carbocycles. The second-order valence-electron chi connectivity index (χ2n) is 13.6. The van der Waals surface area contributed by atoms with E-state index in [0.717, 1.165) is 11.1 Å². The highest BCUT2D eigenvalue weighted by Gasteiger charge is 2.58. The number of hydrogen-bond acceptors (Lipinski definition) is 11. The molecule has 0 radical (unpaired) electrons. The molecule has 0 aliphatic carbocycles. The quantitative estimate of drug-likeness (QED) is 0.0805. The highest BCUT2D eigenvalue weighted by molar-refractivity contribution is 5.98. The molecule has 0 bridgehead atoms. The number of esters is 1. The van der Waals surface area contributed by atoms with E-state index in [4.69, 9.17) is 23.7 Å². The van der Waals surface area contributed by atoms with Crippen LogP contribution in [0.25, 0.3) is 11.2 Å². The minimum atomic E-state index is -1.23. The van der Waals surface area contributed by atoms with Crippen molar-refractivity contribution in [3.05, 3.63) is 151 Å². The average molecular weight is 783 g/mol. The molecule has 296 valence electrons. The van der Waals surface area contributed by atoms with Gasteiger partial charge in [0.25, 0.3) is 5.88 Å². The molecule has 6 aromatic rings. The van der Waals surface area contributed by atoms with Gasteiger partial charge in [-0.1, -0.05) is 103 Å². The lowest BCUT2D eigenvalue weighted by Gasteiger charge is -2.34. The van der Waals surface area contributed by atoms with E-state index >= 15 is 0 Å². The summed E-state index contributed by atoms with van der Waals surface area (Å²) in [6, 6.07) is 37.2. The molecule has 4 atom stereocenters. The number of benzene rings is 4. The van der Waals surface area contributed by atoms with Crippen molar-refractivity contribution < 1.29 is 38.1 Å². The number of carbonyl (C=O) groups excluding carboxylic acids is 3. The van der Waals surface area contributed by atoms with Crippen LogP contribution in [0.4, 0.5) is 22.1 Å². The van der Waals surface area contributed by atoms with E-state index in [1.807, 2.05) is 72.8 Å². The number of ether oxygens (including phenoxy) is 5. The molecule has 2 aromatic heterocycles. The Morgan fingerprint density at radius 3 is 2.00 bits per heavy atom. The van der Waals surface area contributed by atoms with Crippen LogP contribution in [0.3, 0.4) is 0 Å². The minimum absolute atomic E-state index is 0.0259. The molecule has 0 unspecified atom stereocenters. The van der Waals surface area contributed by atoms with Gasteiger partial charge in [-0.25, -0.2) is 14.7 Å². The number of hydrogen-bond donors (Lipinski definition) is 1. The molecule has 14 nitrogen and oxygen atoms in total. The van der Waals surface area contributed by atoms with E-state index in [1.165, 1.54) is 25.1 Å². The van der Waals surface area contributed by atoms with Crippen molar-refractivity contribution in [1.82, 2.24) is 19.5 Å². The van der Waals surface area contributed by atoms with Crippen LogP contribution < -0.4 is 15.0 Å². The SMILES string of the molecule is C=CC[C@]1(COCc2ccccc2)O[C@@H](n2cnc3c(OC(=O)N(c4ccccc4)c4ccccc4)nc(NC(C)=O)nc32)[C@H](OC(C)=O)[C@@H]1OCc1ccccc1. The van der Waals surface area contributed by atoms with Crippen molar-refractivity contribution in [1.29, 1.82) is 0 Å². The smallest absolute Gasteiger partial charge is 0.425 e. The van der Waals surface area contributed by atoms with Crippen LogP contribution in [-0.4, -0.2) is 61.9 Å². The standard InChI is InChI=1S/C44H42N6O8/c1-4-25-44(28-54-26-32-17-9-5-10-18-32)38(55-27-33-19-11-6-12-20-33)37(56-31(3)52)41(58-44)49-29-45-36-39(49)47-42(46-30(2)51)48-40(36)57-43(53)50(34-21-13-7-14-22-34)35-23-15-8-16-24-35/h4-24,29,37-38,41H,1,25-28H2,2-3H3,(H,46,47,48,51)/t37-,38+,41-,44-/m1/s1. The van der Waals surface area contributed by atoms with Gasteiger partial charge in [-0.2, -0.15) is 9.97 Å². The molecule has 1 fully saturated rings. The predicted molar refractivity (Wildman–Crippen MR) is 215 cm³/mol. The van der Waals surface area contributed by atoms with Gasteiger partial charge in [-0.3, -0.25) is 19.5 Å². The fraction of sp³-hybridized carbons (Fsp3) is 0.227. The summed E-state index contributed by atoms with van der Waals surface area (Å²) in [5.41, 5.74) is 1.85. The highest BCUT2D eigenvalue weighted by atomic mass is 16.6. The summed E-state index contributed by atoms with van der Waals surface area (Å²) in [5, 5.41) is 2.59. The molecule has 1 aliphatic heterocycles. The topological polar surface area (TPSA) is 156 Å². The number of nitrogens with one attached hydrogen (secondary N) is 1. The number of aromatic nitrogens is 4. The fourth-order valence-corrected chi connectivity index (χ4v) is 6.86. The number of carbonyl (C=O) groups is 3. The molecule has 3 heterocycles. The number of rotatable bonds is 15. The molecule has 7 rings (SSSR count). The van der Waals surface area contributed by atoms with Gasteiger partial charge in [0.15, 0.2) is 23.5 Å². The van der Waals surface area contributed by atoms with Crippen molar-refractivity contribution in [2.75, 3.05) is 16.8 Å². The first-order valence-corrected chi connectivity index (χ1v) is 18.6. The number of fused-ring (bicyclic) bond motifs is 1. The summed E-state index contributed by atoms with van der Waals surface area (Å²) in [4.78, 5) is 54.3. The molecule has 1 aliphatic rings. The Hall–Kier alpha value is -6.74. The summed E-state index contributed by atoms with van der Waals surface area (Å²) in [7, 11) is 0. The molecule has 1 N–H and O–H groups in total. The Morgan fingerprint density at radius 1 is 0.845 bits per heavy atom. The van der Waals surface area contributed by atoms with Crippen LogP contribution in [0, 0.1) is 0 Å². The first-order chi connectivity index (χ1) is 28.2. The summed E-state index contributed by atoms with van der Waals surface area (Å²) in [5.74, 6) is -1.46. The van der Waals surface area contributed by atoms with Crippen molar-refractivity contribution in [3.8, 4) is 5.88 Å². The maximum atomic E-state index is 14.1. The average Bonchev–Trinajstić information content (AvgIpc) is 3.77. The van der Waals surface area contributed by atoms with E-state index in [-0.39, 0.29) is 49.2 Å². The van der Waals surface area contributed by atoms with Crippen molar-refractivity contribution >= 4 is 46.5 Å². The van der Waals surface area contributed by atoms with Crippen LogP contribution in [-0.2, 0) is 41.8 Å². The Balaban J connectivity index is 1.30. The van der Waals surface area contributed by atoms with E-state index in [9.17, 15) is 14.4 Å². The Kier molecular flexibility index (Phi) is 12.3. The molecule has 14 heteroatoms. The summed E-state index contributed by atoms with van der Waals surface area (Å²) in [6.07, 6.45) is -0.516. The predicted octanol–water partition coefficient (Wildman–Crippen LogP) is 7.70. The number of nitrogens with zero attached hydrogens (tertiary/aromatic N) is 5. The van der Waals surface area contributed by atoms with E-state index in [2.05, 4.69) is 26.8 Å². The molecule has 0 saturated carbocycles. The van der Waals surface area contributed by atoms with E-state index in [1.54, 1.807) is 59.2 Å². The summed E-state index contributed by atoms with van der Waals surface area (Å²) in [6.45, 7) is 7.08. The lowest BCUT2D eigenvalue weighted by Crippen LogP contribution is -2.49. The zero-order chi connectivity index (χ0) is 40.5. The van der Waals surface area contributed by atoms with Gasteiger partial charge in [-0.05, 0) is 41.8 Å². The van der Waals surface area contributed by atoms with Crippen LogP contribution in [0.5, 0.6) is 5.88 Å². The first-order valence-electron chi connectivity index (χ1n) is 18.6. The molecule has 0 spiro atoms. The summed E-state index contributed by atoms with van der Waals surface area (Å²) >= 11 is 0. The fourth-order valence-electron chi connectivity index (χ4n) is 6.86. The van der Waals surface area contributed by atoms with Gasteiger partial charge < -0.3 is 23.7 Å². The third-order valence-corrected chi connectivity index (χ3v) is 9.32. The van der Waals surface area contributed by atoms with Crippen LogP contribution in [0.1, 0.15) is 37.6 Å². The number of amides is 2. The third kappa shape index (κ3) is 8.94. The zero-order valence-electron chi connectivity index (χ0n) is 32.0. The van der Waals surface area contributed by atoms with E-state index in [0.29, 0.717) is 11.4 Å². The number of anilines is 3. The minimum Gasteiger partial charge on any atom is -0.455 e. The first kappa shape index (κ1) is 39.5. The Morgan fingerprint density at radius 2 is 1.43 bits per heavy atom. The number of para-hydroxylation sites is 2. The second kappa shape index (κ2) is 18.0. The van der Waals surface area contributed by atoms with Gasteiger partial charge in [0, 0.05) is 13.8 Å². The molecular formula is C44H42N6O8. The van der Waals surface area contributed by atoms with Gasteiger partial charge in [0.2, 0.25) is 11.9 Å². The van der Waals surface area contributed by atoms with Gasteiger partial charge >= 0.3 is 12.1 Å². The lowest BCUT2D eigenvalue weighted by molar-refractivity contribution is -0.160. The van der Waals surface area contributed by atoms with Crippen LogP contribution in [0.15, 0.2) is 140 Å². The van der Waals surface area contributed by atoms with Crippen molar-refractivity contribution in [3.63, 3.8) is 0 Å². The molecular weight excluding hydrogens is 741 g/mol. The van der Waals surface area contributed by atoms with Crippen molar-refractivity contribution in [2.24, 2.45) is 0 Å². The zero-order valence-corrected chi connectivity index (χ0v) is 32.0. The van der Waals surface area contributed by atoms with Crippen LogP contribution >= 0.6 is 0 Å². The van der Waals surface area contributed by atoms with E-state index < -0.39 is 42.0 Å². The second-order valence-corrected chi connectivity index (χ2v) is 13.6. The summed E-state index contributed by atoms with van der Waals surface area (Å²) < 4.78 is 33.5.